The third-order valence-electron chi connectivity index (χ3n) is 16.0. The van der Waals surface area contributed by atoms with E-state index in [1.54, 1.807) is 34.6 Å². The molecule has 0 spiro atoms. The molecule has 0 bridgehead atoms. The van der Waals surface area contributed by atoms with Crippen molar-refractivity contribution in [3.63, 3.8) is 0 Å². The van der Waals surface area contributed by atoms with Crippen LogP contribution in [0.1, 0.15) is 120 Å². The first-order valence-electron chi connectivity index (χ1n) is 29.4. The number of carbonyl (C=O) groups is 8. The van der Waals surface area contributed by atoms with Crippen LogP contribution in [-0.2, 0) is 82.4 Å². The number of likely N-dealkylation sites (tertiary alicyclic amines) is 2. The minimum Gasteiger partial charge on any atom is -0.457 e. The molecule has 24 heteroatoms. The van der Waals surface area contributed by atoms with Crippen LogP contribution >= 0.6 is 0 Å². The number of unbranched alkanes of at least 4 members (excludes halogenated alkanes) is 3. The maximum Gasteiger partial charge on any atom is 0.415 e. The van der Waals surface area contributed by atoms with Gasteiger partial charge in [0.05, 0.1) is 62.0 Å². The molecule has 1 aromatic carbocycles. The van der Waals surface area contributed by atoms with Crippen LogP contribution in [0.4, 0.5) is 4.79 Å². The number of hydrogen-bond donors (Lipinski definition) is 4. The van der Waals surface area contributed by atoms with Gasteiger partial charge in [-0.05, 0) is 120 Å². The lowest BCUT2D eigenvalue weighted by Gasteiger charge is -2.39. The first-order valence-corrected chi connectivity index (χ1v) is 29.4. The van der Waals surface area contributed by atoms with E-state index in [0.29, 0.717) is 106 Å². The van der Waals surface area contributed by atoms with Gasteiger partial charge in [0.15, 0.2) is 0 Å². The highest BCUT2D eigenvalue weighted by atomic mass is 16.6. The number of benzene rings is 1. The normalized spacial score (nSPS) is 18.1. The average Bonchev–Trinajstić information content (AvgIpc) is 2.30. The lowest BCUT2D eigenvalue weighted by Crippen LogP contribution is -2.51. The molecule has 6 amide bonds. The lowest BCUT2D eigenvalue weighted by atomic mass is 9.85. The second kappa shape index (κ2) is 29.9. The van der Waals surface area contributed by atoms with Crippen molar-refractivity contribution in [2.75, 3.05) is 92.0 Å². The number of hydrogen-bond acceptors (Lipinski definition) is 18. The molecule has 5 aliphatic rings. The maximum absolute atomic E-state index is 14.4. The van der Waals surface area contributed by atoms with Crippen LogP contribution in [0.2, 0.25) is 0 Å². The van der Waals surface area contributed by atoms with E-state index in [1.807, 2.05) is 13.0 Å². The molecular weight excluding hydrogens is 1070 g/mol. The Labute approximate surface area is 482 Å². The molecule has 0 saturated carbocycles. The predicted octanol–water partition coefficient (Wildman–Crippen LogP) is 3.02. The van der Waals surface area contributed by atoms with Crippen molar-refractivity contribution < 1.29 is 66.8 Å². The van der Waals surface area contributed by atoms with Gasteiger partial charge in [-0.25, -0.2) is 14.6 Å². The van der Waals surface area contributed by atoms with Crippen molar-refractivity contribution in [2.24, 2.45) is 5.73 Å². The summed E-state index contributed by atoms with van der Waals surface area (Å²) in [6.45, 7) is 7.94. The fourth-order valence-corrected chi connectivity index (χ4v) is 11.5. The number of esters is 2. The Bertz CT molecular complexity index is 2930. The number of imide groups is 1. The summed E-state index contributed by atoms with van der Waals surface area (Å²) in [6, 6.07) is 6.42. The fraction of sp³-hybridized carbons (Fsp3) is 0.593. The van der Waals surface area contributed by atoms with Gasteiger partial charge in [-0.1, -0.05) is 26.7 Å². The van der Waals surface area contributed by atoms with Gasteiger partial charge in [-0.2, -0.15) is 0 Å². The van der Waals surface area contributed by atoms with Gasteiger partial charge < -0.3 is 64.5 Å². The largest absolute Gasteiger partial charge is 0.457 e. The van der Waals surface area contributed by atoms with Crippen LogP contribution in [0.3, 0.4) is 0 Å². The van der Waals surface area contributed by atoms with Crippen molar-refractivity contribution in [3.8, 4) is 17.1 Å². The predicted molar refractivity (Wildman–Crippen MR) is 301 cm³/mol. The van der Waals surface area contributed by atoms with E-state index in [9.17, 15) is 43.2 Å². The molecule has 8 rings (SSSR count). The Morgan fingerprint density at radius 2 is 1.55 bits per heavy atom. The topological polar surface area (TPSA) is 299 Å². The second-order valence-electron chi connectivity index (χ2n) is 21.4. The SMILES string of the molecule is CCc1c2c(nc3ccc(OC(=O)N4CCC(N5CCCCC5)CC4)cc13)-c1cc3c(c(=O)n1C2)COC(=O)[C@@]3(CC)OC(=O)CNC(=O)C(CCCCN)NC(=O)COCCOCCOCCNC(=O)CCCCCN1C(=O)C=CC1=O. The number of piperidine rings is 2. The van der Waals surface area contributed by atoms with Gasteiger partial charge in [-0.15, -0.1) is 0 Å². The van der Waals surface area contributed by atoms with E-state index < -0.39 is 47.5 Å². The second-order valence-corrected chi connectivity index (χ2v) is 21.4. The molecule has 2 saturated heterocycles. The third-order valence-corrected chi connectivity index (χ3v) is 16.0. The molecule has 24 nitrogen and oxygen atoms in total. The number of amides is 6. The molecule has 0 aliphatic carbocycles. The number of pyridine rings is 2. The van der Waals surface area contributed by atoms with Gasteiger partial charge in [0.1, 0.15) is 31.5 Å². The van der Waals surface area contributed by atoms with E-state index in [0.717, 1.165) is 42.4 Å². The Balaban J connectivity index is 0.788. The molecular formula is C59H79N9O15. The number of fused-ring (bicyclic) bond motifs is 5. The molecule has 1 unspecified atom stereocenters. The Morgan fingerprint density at radius 3 is 2.28 bits per heavy atom. The zero-order chi connectivity index (χ0) is 58.9. The van der Waals surface area contributed by atoms with Crippen LogP contribution in [-0.4, -0.2) is 176 Å². The highest BCUT2D eigenvalue weighted by molar-refractivity contribution is 6.12. The van der Waals surface area contributed by atoms with E-state index >= 15 is 0 Å². The fourth-order valence-electron chi connectivity index (χ4n) is 11.5. The molecule has 450 valence electrons. The zero-order valence-corrected chi connectivity index (χ0v) is 47.8. The van der Waals surface area contributed by atoms with Crippen LogP contribution in [0.5, 0.6) is 5.75 Å². The first-order chi connectivity index (χ1) is 40.2. The summed E-state index contributed by atoms with van der Waals surface area (Å²) in [5.74, 6) is -3.47. The van der Waals surface area contributed by atoms with Crippen LogP contribution in [0.25, 0.3) is 22.3 Å². The van der Waals surface area contributed by atoms with Crippen molar-refractivity contribution in [3.05, 3.63) is 69.0 Å². The number of nitrogens with two attached hydrogens (primary N) is 1. The number of carbonyl (C=O) groups excluding carboxylic acids is 8. The van der Waals surface area contributed by atoms with Gasteiger partial charge in [0, 0.05) is 67.3 Å². The van der Waals surface area contributed by atoms with Gasteiger partial charge in [0.25, 0.3) is 17.4 Å². The van der Waals surface area contributed by atoms with Crippen molar-refractivity contribution in [1.82, 2.24) is 40.2 Å². The highest BCUT2D eigenvalue weighted by Crippen LogP contribution is 2.42. The summed E-state index contributed by atoms with van der Waals surface area (Å²) >= 11 is 0. The summed E-state index contributed by atoms with van der Waals surface area (Å²) in [4.78, 5) is 128. The number of cyclic esters (lactones) is 1. The summed E-state index contributed by atoms with van der Waals surface area (Å²) in [7, 11) is 0. The van der Waals surface area contributed by atoms with Gasteiger partial charge >= 0.3 is 18.0 Å². The average molecular weight is 1150 g/mol. The Morgan fingerprint density at radius 1 is 0.819 bits per heavy atom. The molecule has 5 aliphatic heterocycles. The molecule has 3 aromatic rings. The number of aryl methyl sites for hydroxylation is 1. The van der Waals surface area contributed by atoms with E-state index in [4.69, 9.17) is 39.1 Å². The smallest absolute Gasteiger partial charge is 0.415 e. The number of aromatic nitrogens is 2. The summed E-state index contributed by atoms with van der Waals surface area (Å²) in [5, 5.41) is 8.74. The minimum absolute atomic E-state index is 0.0695. The van der Waals surface area contributed by atoms with Gasteiger partial charge in [0.2, 0.25) is 23.3 Å². The molecule has 0 radical (unpaired) electrons. The highest BCUT2D eigenvalue weighted by Gasteiger charge is 2.50. The molecule has 2 aromatic heterocycles. The Kier molecular flexibility index (Phi) is 22.3. The molecule has 2 atom stereocenters. The number of nitrogens with one attached hydrogen (secondary N) is 3. The van der Waals surface area contributed by atoms with Crippen LogP contribution in [0.15, 0.2) is 41.2 Å². The van der Waals surface area contributed by atoms with E-state index in [1.165, 1.54) is 36.3 Å². The van der Waals surface area contributed by atoms with Crippen molar-refractivity contribution in [2.45, 2.75) is 135 Å². The number of rotatable bonds is 30. The summed E-state index contributed by atoms with van der Waals surface area (Å²) < 4.78 is 35.5. The quantitative estimate of drug-likeness (QED) is 0.0331. The van der Waals surface area contributed by atoms with Crippen LogP contribution in [0, 0.1) is 0 Å². The molecule has 5 N–H and O–H groups in total. The van der Waals surface area contributed by atoms with Crippen LogP contribution < -0.4 is 32.0 Å². The monoisotopic (exact) mass is 1150 g/mol. The Hall–Kier alpha value is -7.12. The van der Waals surface area contributed by atoms with Gasteiger partial charge in [-0.3, -0.25) is 38.5 Å². The number of ether oxygens (including phenoxy) is 6. The number of nitrogens with zero attached hydrogens (tertiary/aromatic N) is 5. The first kappa shape index (κ1) is 61.9. The third kappa shape index (κ3) is 15.6. The molecule has 2 fully saturated rings. The van der Waals surface area contributed by atoms with Crippen molar-refractivity contribution >= 4 is 58.5 Å². The zero-order valence-electron chi connectivity index (χ0n) is 47.8. The maximum atomic E-state index is 14.4. The van der Waals surface area contributed by atoms with Crippen molar-refractivity contribution in [1.29, 1.82) is 0 Å². The summed E-state index contributed by atoms with van der Waals surface area (Å²) in [5.41, 5.74) is 6.86. The molecule has 7 heterocycles. The molecule has 83 heavy (non-hydrogen) atoms. The lowest BCUT2D eigenvalue weighted by molar-refractivity contribution is -0.189. The standard InChI is InChI=1S/C59H79N9O15/c1-3-41-42-33-40(82-58(77)66-26-19-39(20-27-66)65-23-10-6-11-24-65)15-16-46(42)64-54-43(41)36-68-48(54)34-45-44(56(68)75)37-81-57(76)59(45,4-2)83-53(73)35-62-55(74)47(13-8-9-21-60)63-50(70)38-80-32-31-79-30-29-78-28-22-61-49(69)14-7-5-12-25-67-51(71)17-18-52(67)72/h15-18,33-34,39,47H,3-14,19-32,35-38,60H2,1-2H3,(H,61,69)(H,62,74)(H,63,70)/t47?,59-/m0/s1. The van der Waals surface area contributed by atoms with E-state index in [-0.39, 0.29) is 101 Å². The summed E-state index contributed by atoms with van der Waals surface area (Å²) in [6.07, 6.45) is 11.7. The van der Waals surface area contributed by atoms with E-state index in [2.05, 4.69) is 20.9 Å². The minimum atomic E-state index is -2.04.